The summed E-state index contributed by atoms with van der Waals surface area (Å²) in [7, 11) is 3.92. The minimum Gasteiger partial charge on any atom is -0.468 e. The molecule has 0 radical (unpaired) electrons. The van der Waals surface area contributed by atoms with Gasteiger partial charge in [-0.25, -0.2) is 0 Å². The highest BCUT2D eigenvalue weighted by Crippen LogP contribution is 2.19. The molecule has 3 N–H and O–H groups in total. The van der Waals surface area contributed by atoms with Crippen LogP contribution in [0, 0.1) is 0 Å². The van der Waals surface area contributed by atoms with Crippen molar-refractivity contribution in [3.05, 3.63) is 41.1 Å². The molecule has 7 nitrogen and oxygen atoms in total. The number of amides is 1. The molecule has 3 rings (SSSR count). The Morgan fingerprint density at radius 3 is 3.14 bits per heavy atom. The first-order chi connectivity index (χ1) is 10.7. The zero-order valence-electron chi connectivity index (χ0n) is 12.8. The lowest BCUT2D eigenvalue weighted by Gasteiger charge is -2.22. The van der Waals surface area contributed by atoms with Gasteiger partial charge in [-0.2, -0.15) is 5.10 Å². The van der Waals surface area contributed by atoms with Gasteiger partial charge < -0.3 is 15.1 Å². The molecule has 2 aromatic heterocycles. The normalized spacial score (nSPS) is 15.6. The van der Waals surface area contributed by atoms with Crippen LogP contribution in [0.15, 0.2) is 22.8 Å². The van der Waals surface area contributed by atoms with E-state index < -0.39 is 0 Å². The molecule has 7 heteroatoms. The Morgan fingerprint density at radius 1 is 1.55 bits per heavy atom. The van der Waals surface area contributed by atoms with Crippen molar-refractivity contribution in [2.45, 2.75) is 19.0 Å². The number of H-pyrrole nitrogens is 1. The number of carbonyl (C=O) groups excluding carboxylic acids is 1. The van der Waals surface area contributed by atoms with E-state index in [1.807, 2.05) is 31.1 Å². The molecule has 0 aromatic carbocycles. The van der Waals surface area contributed by atoms with Gasteiger partial charge in [-0.15, -0.1) is 0 Å². The predicted molar refractivity (Wildman–Crippen MR) is 81.5 cm³/mol. The smallest absolute Gasteiger partial charge is 0.272 e. The van der Waals surface area contributed by atoms with E-state index >= 15 is 0 Å². The van der Waals surface area contributed by atoms with Gasteiger partial charge in [0.1, 0.15) is 5.76 Å². The van der Waals surface area contributed by atoms with Crippen LogP contribution in [0.3, 0.4) is 0 Å². The molecule has 118 valence electrons. The van der Waals surface area contributed by atoms with Gasteiger partial charge >= 0.3 is 0 Å². The predicted octanol–water partition coefficient (Wildman–Crippen LogP) is 0.681. The maximum Gasteiger partial charge on any atom is 0.272 e. The molecule has 0 fully saturated rings. The molecule has 1 amide bonds. The van der Waals surface area contributed by atoms with Crippen molar-refractivity contribution in [2.24, 2.45) is 0 Å². The van der Waals surface area contributed by atoms with Gasteiger partial charge in [0, 0.05) is 37.3 Å². The van der Waals surface area contributed by atoms with Crippen LogP contribution in [0.4, 0.5) is 0 Å². The number of furan rings is 1. The molecule has 1 atom stereocenters. The summed E-state index contributed by atoms with van der Waals surface area (Å²) >= 11 is 0. The van der Waals surface area contributed by atoms with E-state index in [2.05, 4.69) is 20.8 Å². The SMILES string of the molecule is CN(C)C(CNC(=O)c1n[nH]c2c1CNCC2)c1ccco1. The van der Waals surface area contributed by atoms with Crippen LogP contribution in [0.5, 0.6) is 0 Å². The van der Waals surface area contributed by atoms with Crippen molar-refractivity contribution in [2.75, 3.05) is 27.2 Å². The summed E-state index contributed by atoms with van der Waals surface area (Å²) in [6.07, 6.45) is 2.52. The molecule has 22 heavy (non-hydrogen) atoms. The number of nitrogens with one attached hydrogen (secondary N) is 3. The van der Waals surface area contributed by atoms with Crippen LogP contribution in [0.2, 0.25) is 0 Å². The largest absolute Gasteiger partial charge is 0.468 e. The summed E-state index contributed by atoms with van der Waals surface area (Å²) in [6.45, 7) is 2.07. The maximum absolute atomic E-state index is 12.4. The molecular weight excluding hydrogens is 282 g/mol. The van der Waals surface area contributed by atoms with E-state index in [0.717, 1.165) is 30.0 Å². The van der Waals surface area contributed by atoms with Crippen molar-refractivity contribution in [3.8, 4) is 0 Å². The van der Waals surface area contributed by atoms with Crippen molar-refractivity contribution < 1.29 is 9.21 Å². The molecule has 2 aromatic rings. The molecule has 1 aliphatic rings. The number of aromatic nitrogens is 2. The molecule has 0 saturated heterocycles. The molecule has 0 spiro atoms. The summed E-state index contributed by atoms with van der Waals surface area (Å²) < 4.78 is 5.45. The summed E-state index contributed by atoms with van der Waals surface area (Å²) in [5.41, 5.74) is 2.52. The Labute approximate surface area is 129 Å². The molecule has 1 unspecified atom stereocenters. The third-order valence-electron chi connectivity index (χ3n) is 3.97. The van der Waals surface area contributed by atoms with E-state index in [9.17, 15) is 4.79 Å². The fourth-order valence-corrected chi connectivity index (χ4v) is 2.70. The Hall–Kier alpha value is -2.12. The highest BCUT2D eigenvalue weighted by molar-refractivity contribution is 5.94. The highest BCUT2D eigenvalue weighted by Gasteiger charge is 2.23. The minimum absolute atomic E-state index is 0.00755. The Balaban J connectivity index is 1.68. The van der Waals surface area contributed by atoms with Crippen LogP contribution in [0.25, 0.3) is 0 Å². The monoisotopic (exact) mass is 303 g/mol. The molecule has 0 bridgehead atoms. The van der Waals surface area contributed by atoms with Gasteiger partial charge in [0.15, 0.2) is 5.69 Å². The van der Waals surface area contributed by atoms with E-state index in [0.29, 0.717) is 18.8 Å². The number of carbonyl (C=O) groups is 1. The van der Waals surface area contributed by atoms with Crippen LogP contribution < -0.4 is 10.6 Å². The fraction of sp³-hybridized carbons (Fsp3) is 0.467. The summed E-state index contributed by atoms with van der Waals surface area (Å²) in [6, 6.07) is 3.76. The van der Waals surface area contributed by atoms with Crippen LogP contribution >= 0.6 is 0 Å². The highest BCUT2D eigenvalue weighted by atomic mass is 16.3. The lowest BCUT2D eigenvalue weighted by atomic mass is 10.1. The lowest BCUT2D eigenvalue weighted by Crippen LogP contribution is -2.35. The second-order valence-corrected chi connectivity index (χ2v) is 5.66. The Morgan fingerprint density at radius 2 is 2.41 bits per heavy atom. The van der Waals surface area contributed by atoms with E-state index in [1.165, 1.54) is 0 Å². The van der Waals surface area contributed by atoms with Gasteiger partial charge in [0.2, 0.25) is 0 Å². The minimum atomic E-state index is -0.153. The van der Waals surface area contributed by atoms with Gasteiger partial charge in [0.05, 0.1) is 12.3 Å². The summed E-state index contributed by atoms with van der Waals surface area (Å²) in [5.74, 6) is 0.677. The third kappa shape index (κ3) is 2.90. The zero-order chi connectivity index (χ0) is 15.5. The number of nitrogens with zero attached hydrogens (tertiary/aromatic N) is 2. The molecule has 0 saturated carbocycles. The number of hydrogen-bond donors (Lipinski definition) is 3. The van der Waals surface area contributed by atoms with E-state index in [1.54, 1.807) is 6.26 Å². The Bertz CT molecular complexity index is 632. The molecular formula is C15H21N5O2. The quantitative estimate of drug-likeness (QED) is 0.756. The first kappa shape index (κ1) is 14.8. The number of fused-ring (bicyclic) bond motifs is 1. The fourth-order valence-electron chi connectivity index (χ4n) is 2.70. The third-order valence-corrected chi connectivity index (χ3v) is 3.97. The average molecular weight is 303 g/mol. The Kier molecular flexibility index (Phi) is 4.26. The van der Waals surface area contributed by atoms with E-state index in [4.69, 9.17) is 4.42 Å². The van der Waals surface area contributed by atoms with Crippen LogP contribution in [-0.2, 0) is 13.0 Å². The van der Waals surface area contributed by atoms with Gasteiger partial charge in [0.25, 0.3) is 5.91 Å². The average Bonchev–Trinajstić information content (AvgIpc) is 3.16. The summed E-state index contributed by atoms with van der Waals surface area (Å²) in [4.78, 5) is 14.4. The van der Waals surface area contributed by atoms with Crippen LogP contribution in [0.1, 0.15) is 33.5 Å². The second kappa shape index (κ2) is 6.33. The number of rotatable bonds is 5. The molecule has 3 heterocycles. The van der Waals surface area contributed by atoms with Crippen molar-refractivity contribution >= 4 is 5.91 Å². The molecule has 1 aliphatic heterocycles. The van der Waals surface area contributed by atoms with E-state index in [-0.39, 0.29) is 11.9 Å². The number of aromatic amines is 1. The first-order valence-corrected chi connectivity index (χ1v) is 7.41. The van der Waals surface area contributed by atoms with Gasteiger partial charge in [-0.05, 0) is 26.2 Å². The van der Waals surface area contributed by atoms with Crippen molar-refractivity contribution in [1.29, 1.82) is 0 Å². The van der Waals surface area contributed by atoms with Gasteiger partial charge in [-0.3, -0.25) is 14.8 Å². The molecule has 0 aliphatic carbocycles. The first-order valence-electron chi connectivity index (χ1n) is 7.41. The second-order valence-electron chi connectivity index (χ2n) is 5.66. The standard InChI is InChI=1S/C15H21N5O2/c1-20(2)12(13-4-3-7-22-13)9-17-15(21)14-10-8-16-6-5-11(10)18-19-14/h3-4,7,12,16H,5-6,8-9H2,1-2H3,(H,17,21)(H,18,19). The number of hydrogen-bond acceptors (Lipinski definition) is 5. The lowest BCUT2D eigenvalue weighted by molar-refractivity contribution is 0.0933. The van der Waals surface area contributed by atoms with Crippen LogP contribution in [-0.4, -0.2) is 48.2 Å². The van der Waals surface area contributed by atoms with Crippen molar-refractivity contribution in [1.82, 2.24) is 25.7 Å². The summed E-state index contributed by atoms with van der Waals surface area (Å²) in [5, 5.41) is 13.4. The topological polar surface area (TPSA) is 86.2 Å². The maximum atomic E-state index is 12.4. The van der Waals surface area contributed by atoms with Crippen molar-refractivity contribution in [3.63, 3.8) is 0 Å². The number of likely N-dealkylation sites (N-methyl/N-ethyl adjacent to an activating group) is 1. The van der Waals surface area contributed by atoms with Gasteiger partial charge in [-0.1, -0.05) is 0 Å². The zero-order valence-corrected chi connectivity index (χ0v) is 12.8.